The van der Waals surface area contributed by atoms with Gasteiger partial charge in [0.15, 0.2) is 0 Å². The van der Waals surface area contributed by atoms with Crippen molar-refractivity contribution in [2.45, 2.75) is 39.3 Å². The molecule has 0 atom stereocenters. The van der Waals surface area contributed by atoms with E-state index in [0.717, 1.165) is 13.0 Å². The first-order chi connectivity index (χ1) is 11.3. The number of carbonyl (C=O) groups excluding carboxylic acids is 2. The third-order valence-electron chi connectivity index (χ3n) is 3.62. The van der Waals surface area contributed by atoms with E-state index in [1.54, 1.807) is 0 Å². The monoisotopic (exact) mass is 350 g/mol. The molecular formula is C18H26N2O3S. The number of fused-ring (bicyclic) bond motifs is 1. The topological polar surface area (TPSA) is 58.6 Å². The van der Waals surface area contributed by atoms with Gasteiger partial charge in [-0.15, -0.1) is 0 Å². The molecule has 0 bridgehead atoms. The van der Waals surface area contributed by atoms with Crippen LogP contribution >= 0.6 is 11.8 Å². The minimum Gasteiger partial charge on any atom is -0.444 e. The van der Waals surface area contributed by atoms with Crippen LogP contribution < -0.4 is 5.32 Å². The van der Waals surface area contributed by atoms with E-state index in [4.69, 9.17) is 4.74 Å². The summed E-state index contributed by atoms with van der Waals surface area (Å²) in [6.45, 7) is 7.47. The highest BCUT2D eigenvalue weighted by Gasteiger charge is 2.20. The Morgan fingerprint density at radius 3 is 2.67 bits per heavy atom. The van der Waals surface area contributed by atoms with E-state index in [-0.39, 0.29) is 5.91 Å². The Kier molecular flexibility index (Phi) is 6.54. The maximum atomic E-state index is 12.3. The normalized spacial score (nSPS) is 14.0. The van der Waals surface area contributed by atoms with Crippen LogP contribution in [0.15, 0.2) is 24.3 Å². The van der Waals surface area contributed by atoms with E-state index >= 15 is 0 Å². The number of thioether (sulfide) groups is 1. The van der Waals surface area contributed by atoms with E-state index < -0.39 is 11.7 Å². The first-order valence-electron chi connectivity index (χ1n) is 8.24. The third-order valence-corrected chi connectivity index (χ3v) is 4.57. The molecule has 0 aromatic heterocycles. The molecule has 0 fully saturated rings. The van der Waals surface area contributed by atoms with Gasteiger partial charge in [-0.3, -0.25) is 4.79 Å². The Hall–Kier alpha value is -1.69. The van der Waals surface area contributed by atoms with Crippen LogP contribution in [0.25, 0.3) is 0 Å². The second kappa shape index (κ2) is 8.42. The summed E-state index contributed by atoms with van der Waals surface area (Å²) < 4.78 is 5.16. The lowest BCUT2D eigenvalue weighted by molar-refractivity contribution is -0.129. The number of amides is 2. The van der Waals surface area contributed by atoms with Gasteiger partial charge >= 0.3 is 6.09 Å². The van der Waals surface area contributed by atoms with Crippen LogP contribution in [0.1, 0.15) is 31.9 Å². The molecule has 0 saturated heterocycles. The molecule has 24 heavy (non-hydrogen) atoms. The number of hydrogen-bond donors (Lipinski definition) is 1. The molecule has 6 heteroatoms. The minimum atomic E-state index is -0.488. The Morgan fingerprint density at radius 1 is 1.25 bits per heavy atom. The fraction of sp³-hybridized carbons (Fsp3) is 0.556. The lowest BCUT2D eigenvalue weighted by Crippen LogP contribution is -2.37. The largest absolute Gasteiger partial charge is 0.444 e. The molecule has 5 nitrogen and oxygen atoms in total. The SMILES string of the molecule is CC(C)(C)OC(=O)NCCSCC(=O)N1CCc2ccccc2C1. The lowest BCUT2D eigenvalue weighted by Gasteiger charge is -2.28. The van der Waals surface area contributed by atoms with Crippen molar-refractivity contribution >= 4 is 23.8 Å². The second-order valence-electron chi connectivity index (χ2n) is 6.82. The van der Waals surface area contributed by atoms with Gasteiger partial charge in [0.1, 0.15) is 5.60 Å². The summed E-state index contributed by atoms with van der Waals surface area (Å²) >= 11 is 1.53. The number of benzene rings is 1. The Labute approximate surface area is 148 Å². The number of nitrogens with one attached hydrogen (secondary N) is 1. The fourth-order valence-electron chi connectivity index (χ4n) is 2.50. The van der Waals surface area contributed by atoms with E-state index in [0.29, 0.717) is 24.6 Å². The molecule has 0 radical (unpaired) electrons. The molecular weight excluding hydrogens is 324 g/mol. The van der Waals surface area contributed by atoms with E-state index in [2.05, 4.69) is 17.4 Å². The number of carbonyl (C=O) groups is 2. The van der Waals surface area contributed by atoms with E-state index in [1.165, 1.54) is 22.9 Å². The van der Waals surface area contributed by atoms with Crippen LogP contribution in [0.2, 0.25) is 0 Å². The van der Waals surface area contributed by atoms with Gasteiger partial charge in [-0.1, -0.05) is 24.3 Å². The molecule has 0 unspecified atom stereocenters. The van der Waals surface area contributed by atoms with Crippen LogP contribution in [0.5, 0.6) is 0 Å². The highest BCUT2D eigenvalue weighted by Crippen LogP contribution is 2.19. The van der Waals surface area contributed by atoms with Crippen LogP contribution in [0, 0.1) is 0 Å². The highest BCUT2D eigenvalue weighted by molar-refractivity contribution is 7.99. The van der Waals surface area contributed by atoms with Gasteiger partial charge in [-0.25, -0.2) is 4.79 Å². The Morgan fingerprint density at radius 2 is 1.96 bits per heavy atom. The summed E-state index contributed by atoms with van der Waals surface area (Å²) in [5.41, 5.74) is 2.10. The van der Waals surface area contributed by atoms with Crippen molar-refractivity contribution < 1.29 is 14.3 Å². The van der Waals surface area contributed by atoms with Crippen molar-refractivity contribution in [2.75, 3.05) is 24.6 Å². The molecule has 1 aromatic rings. The average Bonchev–Trinajstić information content (AvgIpc) is 2.52. The van der Waals surface area contributed by atoms with Gasteiger partial charge < -0.3 is 15.0 Å². The molecule has 1 N–H and O–H groups in total. The number of nitrogens with zero attached hydrogens (tertiary/aromatic N) is 1. The minimum absolute atomic E-state index is 0.159. The maximum Gasteiger partial charge on any atom is 0.407 e. The van der Waals surface area contributed by atoms with Gasteiger partial charge in [-0.05, 0) is 38.3 Å². The molecule has 0 saturated carbocycles. The van der Waals surface area contributed by atoms with Crippen molar-refractivity contribution in [1.82, 2.24) is 10.2 Å². The van der Waals surface area contributed by atoms with Crippen molar-refractivity contribution in [3.63, 3.8) is 0 Å². The molecule has 1 aliphatic heterocycles. The smallest absolute Gasteiger partial charge is 0.407 e. The van der Waals surface area contributed by atoms with Gasteiger partial charge in [0.25, 0.3) is 0 Å². The van der Waals surface area contributed by atoms with Crippen LogP contribution in [0.3, 0.4) is 0 Å². The zero-order valence-corrected chi connectivity index (χ0v) is 15.4. The first kappa shape index (κ1) is 18.6. The van der Waals surface area contributed by atoms with Crippen molar-refractivity contribution in [3.05, 3.63) is 35.4 Å². The van der Waals surface area contributed by atoms with E-state index in [1.807, 2.05) is 37.8 Å². The standard InChI is InChI=1S/C18H26N2O3S/c1-18(2,3)23-17(22)19-9-11-24-13-16(21)20-10-8-14-6-4-5-7-15(14)12-20/h4-7H,8-13H2,1-3H3,(H,19,22). The van der Waals surface area contributed by atoms with Crippen molar-refractivity contribution in [1.29, 1.82) is 0 Å². The highest BCUT2D eigenvalue weighted by atomic mass is 32.2. The summed E-state index contributed by atoms with van der Waals surface area (Å²) in [6, 6.07) is 8.29. The molecule has 1 aliphatic rings. The average molecular weight is 350 g/mol. The number of hydrogen-bond acceptors (Lipinski definition) is 4. The quantitative estimate of drug-likeness (QED) is 0.830. The summed E-state index contributed by atoms with van der Waals surface area (Å²) in [7, 11) is 0. The number of ether oxygens (including phenoxy) is 1. The summed E-state index contributed by atoms with van der Waals surface area (Å²) in [6.07, 6.45) is 0.509. The zero-order valence-electron chi connectivity index (χ0n) is 14.6. The Bertz CT molecular complexity index is 584. The first-order valence-corrected chi connectivity index (χ1v) is 9.40. The predicted octanol–water partition coefficient (Wildman–Crippen LogP) is 2.83. The molecule has 1 heterocycles. The second-order valence-corrected chi connectivity index (χ2v) is 7.92. The molecule has 2 amide bonds. The van der Waals surface area contributed by atoms with Crippen LogP contribution in [0.4, 0.5) is 4.79 Å². The van der Waals surface area contributed by atoms with Crippen molar-refractivity contribution in [3.8, 4) is 0 Å². The van der Waals surface area contributed by atoms with Gasteiger partial charge in [0, 0.05) is 25.4 Å². The maximum absolute atomic E-state index is 12.3. The molecule has 2 rings (SSSR count). The lowest BCUT2D eigenvalue weighted by atomic mass is 10.00. The third kappa shape index (κ3) is 6.07. The van der Waals surface area contributed by atoms with Gasteiger partial charge in [0.2, 0.25) is 5.91 Å². The van der Waals surface area contributed by atoms with Gasteiger partial charge in [-0.2, -0.15) is 11.8 Å². The summed E-state index contributed by atoms with van der Waals surface area (Å²) in [4.78, 5) is 25.7. The predicted molar refractivity (Wildman–Crippen MR) is 97.1 cm³/mol. The van der Waals surface area contributed by atoms with Gasteiger partial charge in [0.05, 0.1) is 5.75 Å². The van der Waals surface area contributed by atoms with E-state index in [9.17, 15) is 9.59 Å². The Balaban J connectivity index is 1.63. The number of rotatable bonds is 5. The van der Waals surface area contributed by atoms with Crippen molar-refractivity contribution in [2.24, 2.45) is 0 Å². The molecule has 1 aromatic carbocycles. The summed E-state index contributed by atoms with van der Waals surface area (Å²) in [5.74, 6) is 1.29. The summed E-state index contributed by atoms with van der Waals surface area (Å²) in [5, 5.41) is 2.70. The molecule has 0 aliphatic carbocycles. The zero-order chi connectivity index (χ0) is 17.6. The van der Waals surface area contributed by atoms with Crippen LogP contribution in [-0.2, 0) is 22.5 Å². The fourth-order valence-corrected chi connectivity index (χ4v) is 3.25. The molecule has 0 spiro atoms. The van der Waals surface area contributed by atoms with Crippen LogP contribution in [-0.4, -0.2) is 47.1 Å². The molecule has 132 valence electrons. The number of alkyl carbamates (subject to hydrolysis) is 1.